The molecule has 1 fully saturated rings. The van der Waals surface area contributed by atoms with E-state index in [2.05, 4.69) is 29.1 Å². The summed E-state index contributed by atoms with van der Waals surface area (Å²) < 4.78 is 16.3. The summed E-state index contributed by atoms with van der Waals surface area (Å²) in [7, 11) is 6.76. The van der Waals surface area contributed by atoms with Crippen LogP contribution in [-0.4, -0.2) is 52.3 Å². The van der Waals surface area contributed by atoms with E-state index in [-0.39, 0.29) is 0 Å². The molecule has 1 unspecified atom stereocenters. The normalized spacial score (nSPS) is 17.6. The number of guanidine groups is 1. The lowest BCUT2D eigenvalue weighted by molar-refractivity contribution is 0.347. The third-order valence-corrected chi connectivity index (χ3v) is 4.83. The van der Waals surface area contributed by atoms with Crippen LogP contribution in [0.5, 0.6) is 17.2 Å². The van der Waals surface area contributed by atoms with E-state index < -0.39 is 0 Å². The molecule has 1 aromatic carbocycles. The highest BCUT2D eigenvalue weighted by molar-refractivity contribution is 5.80. The van der Waals surface area contributed by atoms with Gasteiger partial charge in [0.1, 0.15) is 5.75 Å². The molecular formula is C20H33N3O3. The van der Waals surface area contributed by atoms with Gasteiger partial charge in [0.25, 0.3) is 0 Å². The van der Waals surface area contributed by atoms with Gasteiger partial charge in [-0.25, -0.2) is 0 Å². The number of aliphatic imine (C=N–C) groups is 1. The molecule has 1 aromatic rings. The minimum Gasteiger partial charge on any atom is -0.496 e. The Balaban J connectivity index is 2.05. The van der Waals surface area contributed by atoms with Crippen molar-refractivity contribution in [2.75, 3.05) is 41.5 Å². The number of nitrogens with one attached hydrogen (secondary N) is 1. The summed E-state index contributed by atoms with van der Waals surface area (Å²) in [5.74, 6) is 4.56. The highest BCUT2D eigenvalue weighted by Crippen LogP contribution is 2.34. The predicted octanol–water partition coefficient (Wildman–Crippen LogP) is 3.16. The van der Waals surface area contributed by atoms with Gasteiger partial charge in [0.05, 0.1) is 21.3 Å². The molecule has 146 valence electrons. The van der Waals surface area contributed by atoms with Gasteiger partial charge in [0.15, 0.2) is 17.5 Å². The minimum absolute atomic E-state index is 0.613. The summed E-state index contributed by atoms with van der Waals surface area (Å²) in [4.78, 5) is 6.81. The monoisotopic (exact) mass is 363 g/mol. The molecule has 0 saturated carbocycles. The Labute approximate surface area is 157 Å². The number of ether oxygens (including phenoxy) is 3. The Hall–Kier alpha value is -2.11. The molecule has 1 atom stereocenters. The van der Waals surface area contributed by atoms with Crippen molar-refractivity contribution in [1.29, 1.82) is 0 Å². The number of methoxy groups -OCH3 is 3. The number of likely N-dealkylation sites (tertiary alicyclic amines) is 1. The van der Waals surface area contributed by atoms with E-state index in [1.165, 1.54) is 12.8 Å². The van der Waals surface area contributed by atoms with Crippen LogP contribution in [0, 0.1) is 11.8 Å². The Morgan fingerprint density at radius 3 is 2.38 bits per heavy atom. The van der Waals surface area contributed by atoms with Gasteiger partial charge in [-0.05, 0) is 30.7 Å². The smallest absolute Gasteiger partial charge is 0.193 e. The van der Waals surface area contributed by atoms with E-state index in [9.17, 15) is 0 Å². The predicted molar refractivity (Wildman–Crippen MR) is 105 cm³/mol. The number of nitrogens with zero attached hydrogens (tertiary/aromatic N) is 2. The standard InChI is InChI=1S/C20H33N3O3/c1-14(2)9-15-7-8-23(13-15)20(21-3)22-12-16-10-18(25-5)19(26-6)11-17(16)24-4/h10-11,14-15H,7-9,12-13H2,1-6H3,(H,21,22). The maximum atomic E-state index is 5.51. The SMILES string of the molecule is CN=C(NCc1cc(OC)c(OC)cc1OC)N1CCC(CC(C)C)C1. The zero-order valence-corrected chi connectivity index (χ0v) is 17.0. The lowest BCUT2D eigenvalue weighted by atomic mass is 9.97. The first-order chi connectivity index (χ1) is 12.5. The van der Waals surface area contributed by atoms with Gasteiger partial charge < -0.3 is 24.4 Å². The van der Waals surface area contributed by atoms with Crippen LogP contribution in [0.4, 0.5) is 0 Å². The van der Waals surface area contributed by atoms with Crippen molar-refractivity contribution in [3.8, 4) is 17.2 Å². The highest BCUT2D eigenvalue weighted by Gasteiger charge is 2.25. The quantitative estimate of drug-likeness (QED) is 0.596. The molecule has 1 N–H and O–H groups in total. The van der Waals surface area contributed by atoms with Crippen LogP contribution in [0.3, 0.4) is 0 Å². The zero-order chi connectivity index (χ0) is 19.1. The number of rotatable bonds is 7. The van der Waals surface area contributed by atoms with Crippen LogP contribution in [0.15, 0.2) is 17.1 Å². The molecule has 1 heterocycles. The molecule has 1 aliphatic heterocycles. The van der Waals surface area contributed by atoms with Gasteiger partial charge in [-0.1, -0.05) is 13.8 Å². The summed E-state index contributed by atoms with van der Waals surface area (Å²) in [5.41, 5.74) is 1.00. The second-order valence-corrected chi connectivity index (χ2v) is 7.15. The average molecular weight is 364 g/mol. The van der Waals surface area contributed by atoms with E-state index in [4.69, 9.17) is 14.2 Å². The largest absolute Gasteiger partial charge is 0.496 e. The molecule has 1 aliphatic rings. The van der Waals surface area contributed by atoms with Crippen molar-refractivity contribution in [3.05, 3.63) is 17.7 Å². The van der Waals surface area contributed by atoms with E-state index in [1.807, 2.05) is 19.2 Å². The number of hydrogen-bond donors (Lipinski definition) is 1. The minimum atomic E-state index is 0.613. The summed E-state index contributed by atoms with van der Waals surface area (Å²) >= 11 is 0. The van der Waals surface area contributed by atoms with Crippen LogP contribution < -0.4 is 19.5 Å². The van der Waals surface area contributed by atoms with Crippen LogP contribution in [-0.2, 0) is 6.54 Å². The van der Waals surface area contributed by atoms with Crippen LogP contribution in [0.1, 0.15) is 32.3 Å². The Morgan fingerprint density at radius 1 is 1.15 bits per heavy atom. The van der Waals surface area contributed by atoms with E-state index in [1.54, 1.807) is 21.3 Å². The molecule has 0 aromatic heterocycles. The van der Waals surface area contributed by atoms with Crippen LogP contribution in [0.25, 0.3) is 0 Å². The Bertz CT molecular complexity index is 617. The first kappa shape index (κ1) is 20.2. The first-order valence-corrected chi connectivity index (χ1v) is 9.26. The van der Waals surface area contributed by atoms with Gasteiger partial charge in [-0.15, -0.1) is 0 Å². The zero-order valence-electron chi connectivity index (χ0n) is 17.0. The fourth-order valence-electron chi connectivity index (χ4n) is 3.62. The van der Waals surface area contributed by atoms with Gasteiger partial charge in [0, 0.05) is 38.3 Å². The molecular weight excluding hydrogens is 330 g/mol. The second-order valence-electron chi connectivity index (χ2n) is 7.15. The molecule has 6 nitrogen and oxygen atoms in total. The summed E-state index contributed by atoms with van der Waals surface area (Å²) in [5, 5.41) is 3.46. The van der Waals surface area contributed by atoms with Crippen molar-refractivity contribution in [3.63, 3.8) is 0 Å². The van der Waals surface area contributed by atoms with E-state index in [0.29, 0.717) is 18.0 Å². The van der Waals surface area contributed by atoms with E-state index in [0.717, 1.165) is 42.2 Å². The fraction of sp³-hybridized carbons (Fsp3) is 0.650. The van der Waals surface area contributed by atoms with Gasteiger partial charge in [-0.2, -0.15) is 0 Å². The van der Waals surface area contributed by atoms with Gasteiger partial charge >= 0.3 is 0 Å². The Morgan fingerprint density at radius 2 is 1.81 bits per heavy atom. The number of hydrogen-bond acceptors (Lipinski definition) is 4. The molecule has 2 rings (SSSR count). The van der Waals surface area contributed by atoms with Crippen molar-refractivity contribution in [2.24, 2.45) is 16.8 Å². The maximum absolute atomic E-state index is 5.51. The summed E-state index contributed by atoms with van der Waals surface area (Å²) in [6.07, 6.45) is 2.51. The lowest BCUT2D eigenvalue weighted by Crippen LogP contribution is -2.39. The summed E-state index contributed by atoms with van der Waals surface area (Å²) in [6.45, 7) is 7.32. The number of benzene rings is 1. The second kappa shape index (κ2) is 9.55. The third kappa shape index (κ3) is 4.96. The molecule has 0 radical (unpaired) electrons. The lowest BCUT2D eigenvalue weighted by Gasteiger charge is -2.23. The van der Waals surface area contributed by atoms with Crippen molar-refractivity contribution in [2.45, 2.75) is 33.2 Å². The first-order valence-electron chi connectivity index (χ1n) is 9.26. The van der Waals surface area contributed by atoms with Gasteiger partial charge in [-0.3, -0.25) is 4.99 Å². The fourth-order valence-corrected chi connectivity index (χ4v) is 3.62. The Kier molecular flexibility index (Phi) is 7.42. The summed E-state index contributed by atoms with van der Waals surface area (Å²) in [6, 6.07) is 3.80. The van der Waals surface area contributed by atoms with Crippen LogP contribution in [0.2, 0.25) is 0 Å². The topological polar surface area (TPSA) is 55.3 Å². The van der Waals surface area contributed by atoms with Crippen LogP contribution >= 0.6 is 0 Å². The van der Waals surface area contributed by atoms with Crippen molar-refractivity contribution in [1.82, 2.24) is 10.2 Å². The maximum Gasteiger partial charge on any atom is 0.193 e. The van der Waals surface area contributed by atoms with Crippen molar-refractivity contribution >= 4 is 5.96 Å². The van der Waals surface area contributed by atoms with E-state index >= 15 is 0 Å². The molecule has 0 spiro atoms. The molecule has 1 saturated heterocycles. The molecule has 26 heavy (non-hydrogen) atoms. The van der Waals surface area contributed by atoms with Crippen molar-refractivity contribution < 1.29 is 14.2 Å². The van der Waals surface area contributed by atoms with Gasteiger partial charge in [0.2, 0.25) is 0 Å². The average Bonchev–Trinajstić information content (AvgIpc) is 3.09. The molecule has 0 aliphatic carbocycles. The molecule has 6 heteroatoms. The highest BCUT2D eigenvalue weighted by atomic mass is 16.5. The third-order valence-electron chi connectivity index (χ3n) is 4.83. The molecule has 0 bridgehead atoms. The molecule has 0 amide bonds.